The molecule has 2 rings (SSSR count). The van der Waals surface area contributed by atoms with Gasteiger partial charge in [0.15, 0.2) is 0 Å². The summed E-state index contributed by atoms with van der Waals surface area (Å²) in [6, 6.07) is 0. The van der Waals surface area contributed by atoms with Crippen molar-refractivity contribution in [3.8, 4) is 0 Å². The van der Waals surface area contributed by atoms with Gasteiger partial charge in [-0.1, -0.05) is 37.6 Å². The summed E-state index contributed by atoms with van der Waals surface area (Å²) in [7, 11) is 0. The van der Waals surface area contributed by atoms with Crippen molar-refractivity contribution in [2.75, 3.05) is 0 Å². The SMILES string of the molecule is C/C1=C\CC[C@@]2(C)O[C@@H]2[C@H](O)C[C@@](C)(O)/C=C/[C@H](C(C)C)CC1. The van der Waals surface area contributed by atoms with Gasteiger partial charge in [0.25, 0.3) is 0 Å². The van der Waals surface area contributed by atoms with Crippen molar-refractivity contribution >= 4 is 0 Å². The van der Waals surface area contributed by atoms with Gasteiger partial charge >= 0.3 is 0 Å². The fourth-order valence-electron chi connectivity index (χ4n) is 3.63. The first kappa shape index (κ1) is 18.7. The Hall–Kier alpha value is -0.640. The molecule has 1 saturated heterocycles. The number of epoxide rings is 1. The van der Waals surface area contributed by atoms with Gasteiger partial charge in [-0.25, -0.2) is 0 Å². The number of rotatable bonds is 1. The minimum absolute atomic E-state index is 0.153. The Morgan fingerprint density at radius 1 is 1.30 bits per heavy atom. The van der Waals surface area contributed by atoms with E-state index >= 15 is 0 Å². The maximum Gasteiger partial charge on any atom is 0.113 e. The molecule has 0 saturated carbocycles. The van der Waals surface area contributed by atoms with E-state index in [1.165, 1.54) is 5.57 Å². The Kier molecular flexibility index (Phi) is 5.76. The Bertz CT molecular complexity index is 464. The maximum absolute atomic E-state index is 10.6. The summed E-state index contributed by atoms with van der Waals surface area (Å²) in [6.07, 6.45) is 10.0. The molecule has 0 aromatic heterocycles. The zero-order valence-corrected chi connectivity index (χ0v) is 15.4. The van der Waals surface area contributed by atoms with Crippen LogP contribution in [-0.2, 0) is 4.74 Å². The lowest BCUT2D eigenvalue weighted by Crippen LogP contribution is -2.33. The monoisotopic (exact) mass is 322 g/mol. The first-order chi connectivity index (χ1) is 10.6. The van der Waals surface area contributed by atoms with E-state index in [1.54, 1.807) is 6.92 Å². The number of allylic oxidation sites excluding steroid dienone is 3. The highest BCUT2D eigenvalue weighted by atomic mass is 16.6. The second-order valence-corrected chi connectivity index (χ2v) is 8.37. The minimum atomic E-state index is -0.992. The largest absolute Gasteiger partial charge is 0.390 e. The molecule has 132 valence electrons. The Morgan fingerprint density at radius 2 is 2.00 bits per heavy atom. The zero-order valence-electron chi connectivity index (χ0n) is 15.4. The van der Waals surface area contributed by atoms with E-state index in [9.17, 15) is 10.2 Å². The fourth-order valence-corrected chi connectivity index (χ4v) is 3.63. The summed E-state index contributed by atoms with van der Waals surface area (Å²) in [4.78, 5) is 0. The Labute approximate surface area is 141 Å². The molecule has 2 aliphatic rings. The highest BCUT2D eigenvalue weighted by Gasteiger charge is 2.55. The molecule has 1 fully saturated rings. The topological polar surface area (TPSA) is 53.0 Å². The smallest absolute Gasteiger partial charge is 0.113 e. The van der Waals surface area contributed by atoms with E-state index in [-0.39, 0.29) is 11.7 Å². The van der Waals surface area contributed by atoms with E-state index in [1.807, 2.05) is 6.08 Å². The van der Waals surface area contributed by atoms with Gasteiger partial charge in [0.1, 0.15) is 6.10 Å². The van der Waals surface area contributed by atoms with Gasteiger partial charge < -0.3 is 14.9 Å². The number of aliphatic hydroxyl groups excluding tert-OH is 1. The van der Waals surface area contributed by atoms with E-state index < -0.39 is 11.7 Å². The lowest BCUT2D eigenvalue weighted by atomic mass is 9.85. The second-order valence-electron chi connectivity index (χ2n) is 8.37. The van der Waals surface area contributed by atoms with Crippen molar-refractivity contribution in [3.63, 3.8) is 0 Å². The Morgan fingerprint density at radius 3 is 2.65 bits per heavy atom. The van der Waals surface area contributed by atoms with Crippen LogP contribution in [0.2, 0.25) is 0 Å². The van der Waals surface area contributed by atoms with E-state index in [4.69, 9.17) is 4.74 Å². The summed E-state index contributed by atoms with van der Waals surface area (Å²) in [5.41, 5.74) is 0.198. The first-order valence-electron chi connectivity index (χ1n) is 9.06. The van der Waals surface area contributed by atoms with Crippen LogP contribution in [0.15, 0.2) is 23.8 Å². The van der Waals surface area contributed by atoms with E-state index in [0.717, 1.165) is 25.7 Å². The molecule has 23 heavy (non-hydrogen) atoms. The number of aliphatic hydroxyl groups is 2. The molecule has 0 radical (unpaired) electrons. The fraction of sp³-hybridized carbons (Fsp3) is 0.800. The van der Waals surface area contributed by atoms with Crippen molar-refractivity contribution in [1.29, 1.82) is 0 Å². The molecule has 3 nitrogen and oxygen atoms in total. The van der Waals surface area contributed by atoms with Crippen LogP contribution in [-0.4, -0.2) is 33.6 Å². The summed E-state index contributed by atoms with van der Waals surface area (Å²) < 4.78 is 5.77. The van der Waals surface area contributed by atoms with E-state index in [2.05, 4.69) is 39.8 Å². The normalized spacial score (nSPS) is 46.4. The number of hydrogen-bond acceptors (Lipinski definition) is 3. The third-order valence-electron chi connectivity index (χ3n) is 5.48. The molecule has 0 unspecified atom stereocenters. The van der Waals surface area contributed by atoms with Crippen molar-refractivity contribution in [1.82, 2.24) is 0 Å². The van der Waals surface area contributed by atoms with E-state index in [0.29, 0.717) is 18.3 Å². The third kappa shape index (κ3) is 5.17. The Balaban J connectivity index is 2.16. The second kappa shape index (κ2) is 7.08. The predicted octanol–water partition coefficient (Wildman–Crippen LogP) is 3.99. The summed E-state index contributed by atoms with van der Waals surface area (Å²) in [6.45, 7) is 10.5. The number of ether oxygens (including phenoxy) is 1. The molecule has 0 spiro atoms. The lowest BCUT2D eigenvalue weighted by Gasteiger charge is -2.25. The van der Waals surface area contributed by atoms with Gasteiger partial charge in [0.2, 0.25) is 0 Å². The van der Waals surface area contributed by atoms with Crippen molar-refractivity contribution in [2.24, 2.45) is 11.8 Å². The van der Waals surface area contributed by atoms with Crippen LogP contribution in [0.3, 0.4) is 0 Å². The summed E-state index contributed by atoms with van der Waals surface area (Å²) >= 11 is 0. The zero-order chi connectivity index (χ0) is 17.3. The molecule has 1 heterocycles. The molecular formula is C20H34O3. The van der Waals surface area contributed by atoms with Crippen molar-refractivity contribution in [2.45, 2.75) is 90.1 Å². The number of fused-ring (bicyclic) bond motifs is 1. The van der Waals surface area contributed by atoms with Gasteiger partial charge in [-0.2, -0.15) is 0 Å². The quantitative estimate of drug-likeness (QED) is 0.567. The lowest BCUT2D eigenvalue weighted by molar-refractivity contribution is 0.0275. The third-order valence-corrected chi connectivity index (χ3v) is 5.48. The van der Waals surface area contributed by atoms with Crippen LogP contribution < -0.4 is 0 Å². The standard InChI is InChI=1S/C20H34O3/c1-14(2)16-9-8-15(3)7-6-11-20(5)18(23-20)17(21)13-19(4,22)12-10-16/h7,10,12,14,16-18,21-22H,6,8-9,11,13H2,1-5H3/b12-10+,15-7+/t16-,17-,18-,19+,20-/m1/s1. The molecule has 0 aromatic rings. The van der Waals surface area contributed by atoms with Crippen LogP contribution in [0, 0.1) is 11.8 Å². The molecular weight excluding hydrogens is 288 g/mol. The molecule has 5 atom stereocenters. The van der Waals surface area contributed by atoms with Crippen LogP contribution in [0.5, 0.6) is 0 Å². The van der Waals surface area contributed by atoms with Gasteiger partial charge in [0.05, 0.1) is 17.3 Å². The number of hydrogen-bond donors (Lipinski definition) is 2. The predicted molar refractivity (Wildman–Crippen MR) is 94.2 cm³/mol. The summed E-state index contributed by atoms with van der Waals surface area (Å²) in [5, 5.41) is 21.0. The van der Waals surface area contributed by atoms with Gasteiger partial charge in [0, 0.05) is 6.42 Å². The molecule has 1 aliphatic heterocycles. The molecule has 3 heteroatoms. The average Bonchev–Trinajstić information content (AvgIpc) is 3.09. The van der Waals surface area contributed by atoms with Crippen LogP contribution in [0.4, 0.5) is 0 Å². The average molecular weight is 322 g/mol. The molecule has 1 aliphatic carbocycles. The van der Waals surface area contributed by atoms with Gasteiger partial charge in [-0.15, -0.1) is 0 Å². The molecule has 0 amide bonds. The molecule has 0 aromatic carbocycles. The van der Waals surface area contributed by atoms with Gasteiger partial charge in [-0.3, -0.25) is 0 Å². The highest BCUT2D eigenvalue weighted by molar-refractivity contribution is 5.10. The molecule has 2 N–H and O–H groups in total. The molecule has 0 bridgehead atoms. The van der Waals surface area contributed by atoms with Crippen LogP contribution >= 0.6 is 0 Å². The maximum atomic E-state index is 10.6. The van der Waals surface area contributed by atoms with Crippen LogP contribution in [0.25, 0.3) is 0 Å². The first-order valence-corrected chi connectivity index (χ1v) is 9.06. The van der Waals surface area contributed by atoms with Crippen molar-refractivity contribution < 1.29 is 14.9 Å². The van der Waals surface area contributed by atoms with Gasteiger partial charge in [-0.05, 0) is 58.3 Å². The highest BCUT2D eigenvalue weighted by Crippen LogP contribution is 2.44. The van der Waals surface area contributed by atoms with Crippen LogP contribution in [0.1, 0.15) is 66.7 Å². The summed E-state index contributed by atoms with van der Waals surface area (Å²) in [5.74, 6) is 0.995. The minimum Gasteiger partial charge on any atom is -0.390 e. The van der Waals surface area contributed by atoms with Crippen molar-refractivity contribution in [3.05, 3.63) is 23.8 Å².